The molecule has 7 heteroatoms. The van der Waals surface area contributed by atoms with E-state index in [9.17, 15) is 4.79 Å². The Bertz CT molecular complexity index is 828. The van der Waals surface area contributed by atoms with Crippen LogP contribution in [0.3, 0.4) is 0 Å². The van der Waals surface area contributed by atoms with Gasteiger partial charge in [0, 0.05) is 30.6 Å². The van der Waals surface area contributed by atoms with Crippen LogP contribution in [0.15, 0.2) is 24.3 Å². The summed E-state index contributed by atoms with van der Waals surface area (Å²) in [6.45, 7) is 1.56. The summed E-state index contributed by atoms with van der Waals surface area (Å²) in [6, 6.07) is 7.97. The zero-order valence-electron chi connectivity index (χ0n) is 17.0. The van der Waals surface area contributed by atoms with Crippen molar-refractivity contribution in [2.75, 3.05) is 11.9 Å². The summed E-state index contributed by atoms with van der Waals surface area (Å²) in [6.07, 6.45) is 10.8. The minimum absolute atomic E-state index is 0. The molecule has 1 aromatic heterocycles. The molecule has 0 bridgehead atoms. The van der Waals surface area contributed by atoms with E-state index in [0.717, 1.165) is 55.1 Å². The van der Waals surface area contributed by atoms with Gasteiger partial charge in [0.25, 0.3) is 0 Å². The number of fused-ring (bicyclic) bond motifs is 1. The van der Waals surface area contributed by atoms with Gasteiger partial charge in [-0.15, -0.1) is 22.6 Å². The van der Waals surface area contributed by atoms with Crippen molar-refractivity contribution in [3.05, 3.63) is 30.1 Å². The average Bonchev–Trinajstić information content (AvgIpc) is 2.97. The summed E-state index contributed by atoms with van der Waals surface area (Å²) >= 11 is 0. The second kappa shape index (κ2) is 9.72. The summed E-state index contributed by atoms with van der Waals surface area (Å²) in [5.41, 5.74) is 7.84. The number of carbonyl (C=O) groups excluding carboxylic acids is 1. The monoisotopic (exact) mass is 417 g/mol. The number of anilines is 1. The number of hydrogen-bond acceptors (Lipinski definition) is 4. The van der Waals surface area contributed by atoms with Crippen molar-refractivity contribution in [2.24, 2.45) is 11.1 Å². The highest BCUT2D eigenvalue weighted by Gasteiger charge is 2.33. The molecular weight excluding hydrogens is 386 g/mol. The lowest BCUT2D eigenvalue weighted by Gasteiger charge is -2.35. The van der Waals surface area contributed by atoms with Crippen LogP contribution >= 0.6 is 12.4 Å². The molecule has 6 nitrogen and oxygen atoms in total. The number of nitrogens with zero attached hydrogens (tertiary/aromatic N) is 3. The maximum absolute atomic E-state index is 12.7. The molecular formula is C22H32ClN5O. The number of aryl methyl sites for hydroxylation is 1. The van der Waals surface area contributed by atoms with Crippen LogP contribution < -0.4 is 11.1 Å². The van der Waals surface area contributed by atoms with Crippen LogP contribution in [0.25, 0.3) is 11.4 Å². The smallest absolute Gasteiger partial charge is 0.224 e. The second-order valence-electron chi connectivity index (χ2n) is 8.47. The SMILES string of the molecule is Cl.NCC1(CC(=O)Nc2cccc(-c3nnc4n3CCCCC4)c2)CCCCC1. The highest BCUT2D eigenvalue weighted by atomic mass is 35.5. The molecule has 1 aliphatic carbocycles. The molecule has 29 heavy (non-hydrogen) atoms. The zero-order valence-corrected chi connectivity index (χ0v) is 17.8. The van der Waals surface area contributed by atoms with E-state index in [1.54, 1.807) is 0 Å². The normalized spacial score (nSPS) is 18.2. The summed E-state index contributed by atoms with van der Waals surface area (Å²) < 4.78 is 2.24. The van der Waals surface area contributed by atoms with Gasteiger partial charge < -0.3 is 15.6 Å². The Morgan fingerprint density at radius 1 is 1.10 bits per heavy atom. The van der Waals surface area contributed by atoms with E-state index in [2.05, 4.69) is 20.1 Å². The summed E-state index contributed by atoms with van der Waals surface area (Å²) in [4.78, 5) is 12.7. The number of rotatable bonds is 5. The number of halogens is 1. The summed E-state index contributed by atoms with van der Waals surface area (Å²) in [7, 11) is 0. The first kappa shape index (κ1) is 21.8. The van der Waals surface area contributed by atoms with Gasteiger partial charge in [0.15, 0.2) is 5.82 Å². The van der Waals surface area contributed by atoms with Crippen molar-refractivity contribution < 1.29 is 4.79 Å². The predicted molar refractivity (Wildman–Crippen MR) is 118 cm³/mol. The Labute approximate surface area is 179 Å². The number of nitrogens with one attached hydrogen (secondary N) is 1. The lowest BCUT2D eigenvalue weighted by atomic mass is 9.71. The predicted octanol–water partition coefficient (Wildman–Crippen LogP) is 4.33. The number of nitrogens with two attached hydrogens (primary N) is 1. The van der Waals surface area contributed by atoms with Gasteiger partial charge in [-0.3, -0.25) is 4.79 Å². The van der Waals surface area contributed by atoms with E-state index < -0.39 is 0 Å². The molecule has 4 rings (SSSR count). The lowest BCUT2D eigenvalue weighted by Crippen LogP contribution is -2.36. The molecule has 0 unspecified atom stereocenters. The topological polar surface area (TPSA) is 85.8 Å². The number of benzene rings is 1. The number of hydrogen-bond donors (Lipinski definition) is 2. The van der Waals surface area contributed by atoms with E-state index in [0.29, 0.717) is 13.0 Å². The van der Waals surface area contributed by atoms with Crippen LogP contribution in [-0.4, -0.2) is 27.2 Å². The standard InChI is InChI=1S/C22H31N5O.ClH/c23-16-22(11-4-2-5-12-22)15-20(28)24-18-9-7-8-17(14-18)21-26-25-19-10-3-1-6-13-27(19)21;/h7-9,14H,1-6,10-13,15-16,23H2,(H,24,28);1H. The number of aromatic nitrogens is 3. The Morgan fingerprint density at radius 2 is 1.90 bits per heavy atom. The summed E-state index contributed by atoms with van der Waals surface area (Å²) in [5, 5.41) is 11.9. The molecule has 1 saturated carbocycles. The van der Waals surface area contributed by atoms with Crippen LogP contribution in [-0.2, 0) is 17.8 Å². The molecule has 1 fully saturated rings. The van der Waals surface area contributed by atoms with Gasteiger partial charge >= 0.3 is 0 Å². The fourth-order valence-electron chi connectivity index (χ4n) is 4.74. The zero-order chi connectivity index (χ0) is 19.4. The second-order valence-corrected chi connectivity index (χ2v) is 8.47. The van der Waals surface area contributed by atoms with Crippen LogP contribution in [0, 0.1) is 5.41 Å². The Hall–Kier alpha value is -1.92. The molecule has 158 valence electrons. The Balaban J connectivity index is 0.00000240. The van der Waals surface area contributed by atoms with Crippen molar-refractivity contribution in [3.63, 3.8) is 0 Å². The number of carbonyl (C=O) groups is 1. The number of amides is 1. The van der Waals surface area contributed by atoms with Gasteiger partial charge in [0.05, 0.1) is 0 Å². The van der Waals surface area contributed by atoms with Crippen molar-refractivity contribution in [1.82, 2.24) is 14.8 Å². The highest BCUT2D eigenvalue weighted by Crippen LogP contribution is 2.38. The van der Waals surface area contributed by atoms with E-state index in [1.807, 2.05) is 24.3 Å². The molecule has 1 aromatic carbocycles. The fourth-order valence-corrected chi connectivity index (χ4v) is 4.74. The van der Waals surface area contributed by atoms with Crippen LogP contribution in [0.2, 0.25) is 0 Å². The summed E-state index contributed by atoms with van der Waals surface area (Å²) in [5.74, 6) is 2.03. The first-order valence-corrected chi connectivity index (χ1v) is 10.7. The maximum atomic E-state index is 12.7. The largest absolute Gasteiger partial charge is 0.330 e. The molecule has 2 heterocycles. The third-order valence-electron chi connectivity index (χ3n) is 6.40. The average molecular weight is 418 g/mol. The van der Waals surface area contributed by atoms with Crippen LogP contribution in [0.1, 0.15) is 63.6 Å². The molecule has 0 spiro atoms. The molecule has 0 saturated heterocycles. The van der Waals surface area contributed by atoms with Crippen molar-refractivity contribution in [3.8, 4) is 11.4 Å². The minimum Gasteiger partial charge on any atom is -0.330 e. The minimum atomic E-state index is -0.0235. The van der Waals surface area contributed by atoms with Gasteiger partial charge in [0.1, 0.15) is 5.82 Å². The molecule has 0 atom stereocenters. The maximum Gasteiger partial charge on any atom is 0.224 e. The fraction of sp³-hybridized carbons (Fsp3) is 0.591. The van der Waals surface area contributed by atoms with E-state index >= 15 is 0 Å². The van der Waals surface area contributed by atoms with Crippen molar-refractivity contribution in [1.29, 1.82) is 0 Å². The van der Waals surface area contributed by atoms with Crippen LogP contribution in [0.5, 0.6) is 0 Å². The van der Waals surface area contributed by atoms with Gasteiger partial charge in [0.2, 0.25) is 5.91 Å². The Morgan fingerprint density at radius 3 is 2.69 bits per heavy atom. The molecule has 1 aliphatic heterocycles. The van der Waals surface area contributed by atoms with Gasteiger partial charge in [-0.1, -0.05) is 37.8 Å². The van der Waals surface area contributed by atoms with Crippen molar-refractivity contribution in [2.45, 2.75) is 70.8 Å². The van der Waals surface area contributed by atoms with E-state index in [-0.39, 0.29) is 23.7 Å². The van der Waals surface area contributed by atoms with E-state index in [4.69, 9.17) is 5.73 Å². The first-order valence-electron chi connectivity index (χ1n) is 10.7. The van der Waals surface area contributed by atoms with Gasteiger partial charge in [-0.05, 0) is 49.8 Å². The molecule has 2 aliphatic rings. The third-order valence-corrected chi connectivity index (χ3v) is 6.40. The lowest BCUT2D eigenvalue weighted by molar-refractivity contribution is -0.118. The van der Waals surface area contributed by atoms with Gasteiger partial charge in [-0.2, -0.15) is 0 Å². The molecule has 0 radical (unpaired) electrons. The first-order chi connectivity index (χ1) is 13.7. The highest BCUT2D eigenvalue weighted by molar-refractivity contribution is 5.91. The quantitative estimate of drug-likeness (QED) is 0.757. The third kappa shape index (κ3) is 4.98. The molecule has 3 N–H and O–H groups in total. The molecule has 2 aromatic rings. The van der Waals surface area contributed by atoms with Crippen molar-refractivity contribution >= 4 is 24.0 Å². The van der Waals surface area contributed by atoms with Gasteiger partial charge in [-0.25, -0.2) is 0 Å². The van der Waals surface area contributed by atoms with E-state index in [1.165, 1.54) is 32.1 Å². The Kier molecular flexibility index (Phi) is 7.30. The molecule has 1 amide bonds. The van der Waals surface area contributed by atoms with Crippen LogP contribution in [0.4, 0.5) is 5.69 Å².